The van der Waals surface area contributed by atoms with Crippen LogP contribution >= 0.6 is 11.5 Å². The van der Waals surface area contributed by atoms with E-state index < -0.39 is 11.9 Å². The summed E-state index contributed by atoms with van der Waals surface area (Å²) in [7, 11) is 0. The van der Waals surface area contributed by atoms with Crippen molar-refractivity contribution < 1.29 is 14.7 Å². The van der Waals surface area contributed by atoms with Crippen LogP contribution in [0.1, 0.15) is 24.6 Å². The molecular formula is C13H16N4O3S. The first kappa shape index (κ1) is 15.3. The molecule has 1 saturated heterocycles. The lowest BCUT2D eigenvalue weighted by Crippen LogP contribution is -2.47. The van der Waals surface area contributed by atoms with Crippen LogP contribution in [-0.2, 0) is 4.79 Å². The molecule has 2 amide bonds. The number of carboxylic acid groups (broad SMARTS) is 1. The first-order chi connectivity index (χ1) is 9.92. The van der Waals surface area contributed by atoms with E-state index in [0.29, 0.717) is 29.2 Å². The molecule has 1 aliphatic rings. The molecule has 2 heterocycles. The molecule has 2 atom stereocenters. The van der Waals surface area contributed by atoms with Crippen LogP contribution in [0, 0.1) is 30.1 Å². The third kappa shape index (κ3) is 3.31. The van der Waals surface area contributed by atoms with Gasteiger partial charge in [-0.1, -0.05) is 6.92 Å². The van der Waals surface area contributed by atoms with Crippen LogP contribution in [0.4, 0.5) is 9.80 Å². The zero-order valence-electron chi connectivity index (χ0n) is 11.8. The van der Waals surface area contributed by atoms with Gasteiger partial charge >= 0.3 is 12.0 Å². The number of amides is 2. The van der Waals surface area contributed by atoms with Crippen LogP contribution in [0.3, 0.4) is 0 Å². The number of nitriles is 1. The number of rotatable bonds is 2. The van der Waals surface area contributed by atoms with Gasteiger partial charge in [-0.25, -0.2) is 4.79 Å². The number of carbonyl (C=O) groups excluding carboxylic acids is 1. The van der Waals surface area contributed by atoms with Gasteiger partial charge < -0.3 is 10.0 Å². The third-order valence-electron chi connectivity index (χ3n) is 3.49. The summed E-state index contributed by atoms with van der Waals surface area (Å²) in [6.07, 6.45) is 0.572. The van der Waals surface area contributed by atoms with E-state index in [4.69, 9.17) is 10.4 Å². The van der Waals surface area contributed by atoms with Gasteiger partial charge in [-0.3, -0.25) is 10.1 Å². The Labute approximate surface area is 126 Å². The minimum absolute atomic E-state index is 0.129. The highest BCUT2D eigenvalue weighted by atomic mass is 32.1. The second-order valence-corrected chi connectivity index (χ2v) is 6.07. The van der Waals surface area contributed by atoms with Gasteiger partial charge in [0.15, 0.2) is 0 Å². The molecule has 0 aromatic carbocycles. The Balaban J connectivity index is 2.09. The molecule has 1 fully saturated rings. The lowest BCUT2D eigenvalue weighted by atomic mass is 9.91. The Bertz CT molecular complexity index is 607. The van der Waals surface area contributed by atoms with Crippen molar-refractivity contribution >= 4 is 28.5 Å². The lowest BCUT2D eigenvalue weighted by molar-refractivity contribution is -0.143. The van der Waals surface area contributed by atoms with Crippen LogP contribution in [0.5, 0.6) is 0 Å². The van der Waals surface area contributed by atoms with Gasteiger partial charge in [0, 0.05) is 13.1 Å². The molecule has 7 nitrogen and oxygen atoms in total. The number of nitrogens with zero attached hydrogens (tertiary/aromatic N) is 3. The first-order valence-electron chi connectivity index (χ1n) is 6.57. The summed E-state index contributed by atoms with van der Waals surface area (Å²) >= 11 is 1.05. The fourth-order valence-electron chi connectivity index (χ4n) is 2.46. The Kier molecular flexibility index (Phi) is 4.43. The van der Waals surface area contributed by atoms with E-state index in [2.05, 4.69) is 9.69 Å². The van der Waals surface area contributed by atoms with E-state index in [9.17, 15) is 9.59 Å². The average molecular weight is 308 g/mol. The summed E-state index contributed by atoms with van der Waals surface area (Å²) in [6.45, 7) is 4.32. The van der Waals surface area contributed by atoms with Crippen molar-refractivity contribution in [3.05, 3.63) is 11.3 Å². The summed E-state index contributed by atoms with van der Waals surface area (Å²) in [5, 5.41) is 21.2. The second kappa shape index (κ2) is 6.10. The highest BCUT2D eigenvalue weighted by molar-refractivity contribution is 7.10. The average Bonchev–Trinajstić information content (AvgIpc) is 2.78. The minimum atomic E-state index is -0.884. The molecule has 0 saturated carbocycles. The summed E-state index contributed by atoms with van der Waals surface area (Å²) in [4.78, 5) is 24.9. The monoisotopic (exact) mass is 308 g/mol. The van der Waals surface area contributed by atoms with Gasteiger partial charge in [0.1, 0.15) is 16.6 Å². The molecule has 2 N–H and O–H groups in total. The quantitative estimate of drug-likeness (QED) is 0.867. The van der Waals surface area contributed by atoms with E-state index >= 15 is 0 Å². The summed E-state index contributed by atoms with van der Waals surface area (Å²) in [5.74, 6) is -1.30. The molecule has 112 valence electrons. The van der Waals surface area contributed by atoms with Crippen molar-refractivity contribution in [2.75, 3.05) is 18.4 Å². The minimum Gasteiger partial charge on any atom is -0.481 e. The molecule has 2 unspecified atom stereocenters. The zero-order chi connectivity index (χ0) is 15.6. The Morgan fingerprint density at radius 1 is 1.52 bits per heavy atom. The van der Waals surface area contributed by atoms with Crippen LogP contribution < -0.4 is 5.32 Å². The number of anilines is 1. The standard InChI is InChI=1S/C13H16N4O3S/c1-7-3-9(12(18)19)6-17(5-7)13(20)15-11-10(4-14)8(2)16-21-11/h7,9H,3,5-6H2,1-2H3,(H,15,20)(H,18,19). The maximum atomic E-state index is 12.2. The third-order valence-corrected chi connectivity index (χ3v) is 4.35. The van der Waals surface area contributed by atoms with E-state index in [-0.39, 0.29) is 18.5 Å². The van der Waals surface area contributed by atoms with E-state index in [1.54, 1.807) is 6.92 Å². The number of piperidine rings is 1. The van der Waals surface area contributed by atoms with Crippen LogP contribution in [0.15, 0.2) is 0 Å². The number of hydrogen-bond donors (Lipinski definition) is 2. The molecule has 8 heteroatoms. The molecule has 0 aliphatic carbocycles. The number of aromatic nitrogens is 1. The van der Waals surface area contributed by atoms with Crippen LogP contribution in [0.25, 0.3) is 0 Å². The van der Waals surface area contributed by atoms with Crippen molar-refractivity contribution in [2.24, 2.45) is 11.8 Å². The van der Waals surface area contributed by atoms with Crippen LogP contribution in [0.2, 0.25) is 0 Å². The number of nitrogens with one attached hydrogen (secondary N) is 1. The van der Waals surface area contributed by atoms with Crippen LogP contribution in [-0.4, -0.2) is 39.5 Å². The van der Waals surface area contributed by atoms with Crippen molar-refractivity contribution in [2.45, 2.75) is 20.3 Å². The molecule has 0 radical (unpaired) electrons. The molecule has 0 bridgehead atoms. The fourth-order valence-corrected chi connectivity index (χ4v) is 3.20. The van der Waals surface area contributed by atoms with E-state index in [0.717, 1.165) is 11.5 Å². The van der Waals surface area contributed by atoms with Gasteiger partial charge in [-0.2, -0.15) is 9.64 Å². The van der Waals surface area contributed by atoms with Crippen molar-refractivity contribution in [1.29, 1.82) is 5.26 Å². The Morgan fingerprint density at radius 2 is 2.24 bits per heavy atom. The first-order valence-corrected chi connectivity index (χ1v) is 7.34. The smallest absolute Gasteiger partial charge is 0.322 e. The molecule has 0 spiro atoms. The summed E-state index contributed by atoms with van der Waals surface area (Å²) in [6, 6.07) is 1.63. The molecule has 1 aliphatic heterocycles. The molecular weight excluding hydrogens is 292 g/mol. The van der Waals surface area contributed by atoms with Gasteiger partial charge in [-0.05, 0) is 30.8 Å². The zero-order valence-corrected chi connectivity index (χ0v) is 12.6. The van der Waals surface area contributed by atoms with E-state index in [1.165, 1.54) is 4.90 Å². The molecule has 2 rings (SSSR count). The largest absolute Gasteiger partial charge is 0.481 e. The van der Waals surface area contributed by atoms with Gasteiger partial charge in [0.25, 0.3) is 0 Å². The highest BCUT2D eigenvalue weighted by Gasteiger charge is 2.32. The number of aryl methyl sites for hydroxylation is 1. The Hall–Kier alpha value is -2.14. The number of likely N-dealkylation sites (tertiary alicyclic amines) is 1. The number of urea groups is 1. The normalized spacial score (nSPS) is 21.7. The number of carbonyl (C=O) groups is 2. The molecule has 21 heavy (non-hydrogen) atoms. The van der Waals surface area contributed by atoms with Gasteiger partial charge in [0.05, 0.1) is 11.6 Å². The van der Waals surface area contributed by atoms with E-state index in [1.807, 2.05) is 13.0 Å². The fraction of sp³-hybridized carbons (Fsp3) is 0.538. The second-order valence-electron chi connectivity index (χ2n) is 5.30. The SMILES string of the molecule is Cc1nsc(NC(=O)N2CC(C)CC(C(=O)O)C2)c1C#N. The molecule has 1 aromatic heterocycles. The number of aliphatic carboxylic acids is 1. The predicted octanol–water partition coefficient (Wildman–Crippen LogP) is 1.90. The topological polar surface area (TPSA) is 106 Å². The maximum Gasteiger partial charge on any atom is 0.322 e. The summed E-state index contributed by atoms with van der Waals surface area (Å²) < 4.78 is 4.04. The highest BCUT2D eigenvalue weighted by Crippen LogP contribution is 2.26. The van der Waals surface area contributed by atoms with Crippen molar-refractivity contribution in [3.63, 3.8) is 0 Å². The number of hydrogen-bond acceptors (Lipinski definition) is 5. The molecule has 1 aromatic rings. The van der Waals surface area contributed by atoms with Gasteiger partial charge in [-0.15, -0.1) is 0 Å². The van der Waals surface area contributed by atoms with Crippen molar-refractivity contribution in [1.82, 2.24) is 9.27 Å². The van der Waals surface area contributed by atoms with Gasteiger partial charge in [0.2, 0.25) is 0 Å². The van der Waals surface area contributed by atoms with Crippen molar-refractivity contribution in [3.8, 4) is 6.07 Å². The summed E-state index contributed by atoms with van der Waals surface area (Å²) in [5.41, 5.74) is 0.932. The lowest BCUT2D eigenvalue weighted by Gasteiger charge is -2.34. The predicted molar refractivity (Wildman–Crippen MR) is 77.1 cm³/mol. The Morgan fingerprint density at radius 3 is 2.86 bits per heavy atom. The number of carboxylic acids is 1. The maximum absolute atomic E-state index is 12.2.